The zero-order valence-electron chi connectivity index (χ0n) is 11.6. The van der Waals surface area contributed by atoms with Crippen LogP contribution in [0.4, 0.5) is 11.5 Å². The molecule has 22 heavy (non-hydrogen) atoms. The second-order valence-electron chi connectivity index (χ2n) is 4.69. The lowest BCUT2D eigenvalue weighted by Gasteiger charge is -2.10. The Kier molecular flexibility index (Phi) is 4.03. The number of nitrogens with one attached hydrogen (secondary N) is 1. The molecule has 0 spiro atoms. The molecule has 1 heterocycles. The summed E-state index contributed by atoms with van der Waals surface area (Å²) in [6.45, 7) is 0.596. The molecule has 0 aliphatic rings. The van der Waals surface area contributed by atoms with Crippen LogP contribution in [0.1, 0.15) is 11.1 Å². The summed E-state index contributed by atoms with van der Waals surface area (Å²) in [5.41, 5.74) is 2.26. The lowest BCUT2D eigenvalue weighted by Crippen LogP contribution is -2.06. The molecule has 0 saturated carbocycles. The highest BCUT2D eigenvalue weighted by atomic mass is 35.5. The molecule has 6 heteroatoms. The molecule has 0 bridgehead atoms. The summed E-state index contributed by atoms with van der Waals surface area (Å²) in [5, 5.41) is 20.9. The van der Waals surface area contributed by atoms with Gasteiger partial charge in [0.05, 0.1) is 24.0 Å². The van der Waals surface area contributed by atoms with E-state index in [1.165, 1.54) is 0 Å². The molecule has 3 rings (SSSR count). The van der Waals surface area contributed by atoms with Crippen LogP contribution in [0.5, 0.6) is 0 Å². The maximum atomic E-state index is 9.19. The van der Waals surface area contributed by atoms with Crippen LogP contribution in [0, 0.1) is 11.3 Å². The maximum absolute atomic E-state index is 9.19. The summed E-state index contributed by atoms with van der Waals surface area (Å²) < 4.78 is 1.74. The summed E-state index contributed by atoms with van der Waals surface area (Å²) in [6, 6.07) is 17.2. The van der Waals surface area contributed by atoms with Gasteiger partial charge in [0.15, 0.2) is 0 Å². The van der Waals surface area contributed by atoms with Crippen LogP contribution >= 0.6 is 11.6 Å². The molecule has 3 aromatic rings. The molecular weight excluding hydrogens is 298 g/mol. The van der Waals surface area contributed by atoms with Crippen molar-refractivity contribution in [3.63, 3.8) is 0 Å². The largest absolute Gasteiger partial charge is 0.338 e. The first-order valence-corrected chi connectivity index (χ1v) is 7.03. The number of aromatic nitrogens is 3. The van der Waals surface area contributed by atoms with Crippen molar-refractivity contribution < 1.29 is 0 Å². The van der Waals surface area contributed by atoms with E-state index in [1.807, 2.05) is 30.3 Å². The number of hydrogen-bond donors (Lipinski definition) is 1. The predicted molar refractivity (Wildman–Crippen MR) is 85.0 cm³/mol. The molecule has 0 saturated heterocycles. The summed E-state index contributed by atoms with van der Waals surface area (Å²) in [7, 11) is 0. The molecule has 1 aromatic heterocycles. The van der Waals surface area contributed by atoms with Gasteiger partial charge < -0.3 is 5.32 Å². The van der Waals surface area contributed by atoms with Gasteiger partial charge in [-0.1, -0.05) is 47.1 Å². The van der Waals surface area contributed by atoms with E-state index < -0.39 is 0 Å². The van der Waals surface area contributed by atoms with Crippen molar-refractivity contribution >= 4 is 23.1 Å². The molecule has 0 fully saturated rings. The van der Waals surface area contributed by atoms with Crippen LogP contribution in [0.25, 0.3) is 0 Å². The van der Waals surface area contributed by atoms with Crippen LogP contribution in [-0.2, 0) is 6.54 Å². The molecule has 0 aliphatic heterocycles. The summed E-state index contributed by atoms with van der Waals surface area (Å²) >= 11 is 5.91. The first-order valence-electron chi connectivity index (χ1n) is 6.65. The van der Waals surface area contributed by atoms with Gasteiger partial charge in [0, 0.05) is 5.02 Å². The smallest absolute Gasteiger partial charge is 0.149 e. The third-order valence-corrected chi connectivity index (χ3v) is 3.39. The van der Waals surface area contributed by atoms with Gasteiger partial charge in [-0.3, -0.25) is 0 Å². The molecule has 0 radical (unpaired) electrons. The van der Waals surface area contributed by atoms with Gasteiger partial charge in [-0.25, -0.2) is 4.68 Å². The monoisotopic (exact) mass is 309 g/mol. The number of rotatable bonds is 4. The molecule has 108 valence electrons. The first kappa shape index (κ1) is 14.1. The van der Waals surface area contributed by atoms with Gasteiger partial charge in [0.2, 0.25) is 0 Å². The van der Waals surface area contributed by atoms with Crippen molar-refractivity contribution in [2.24, 2.45) is 0 Å². The average Bonchev–Trinajstić information content (AvgIpc) is 2.97. The first-order chi connectivity index (χ1) is 10.8. The zero-order valence-corrected chi connectivity index (χ0v) is 12.3. The Labute approximate surface area is 132 Å². The molecular formula is C16H12ClN5. The van der Waals surface area contributed by atoms with E-state index in [-0.39, 0.29) is 0 Å². The predicted octanol–water partition coefficient (Wildman–Crippen LogP) is 3.60. The van der Waals surface area contributed by atoms with Gasteiger partial charge in [-0.05, 0) is 23.8 Å². The molecule has 0 unspecified atom stereocenters. The number of anilines is 2. The molecule has 0 aliphatic carbocycles. The Morgan fingerprint density at radius 2 is 2.00 bits per heavy atom. The number of benzene rings is 2. The molecule has 5 nitrogen and oxygen atoms in total. The maximum Gasteiger partial charge on any atom is 0.149 e. The minimum atomic E-state index is 0.472. The highest BCUT2D eigenvalue weighted by Crippen LogP contribution is 2.23. The number of hydrogen-bond acceptors (Lipinski definition) is 4. The van der Waals surface area contributed by atoms with Crippen LogP contribution in [0.15, 0.2) is 54.7 Å². The highest BCUT2D eigenvalue weighted by molar-refractivity contribution is 6.30. The normalized spacial score (nSPS) is 10.2. The standard InChI is InChI=1S/C16H12ClN5/c17-14-6-7-15(13(8-14)9-18)20-16-10-19-21-22(16)11-12-4-2-1-3-5-12/h1-8,10,20H,11H2. The van der Waals surface area contributed by atoms with E-state index in [0.29, 0.717) is 28.6 Å². The van der Waals surface area contributed by atoms with Crippen molar-refractivity contribution in [1.82, 2.24) is 15.0 Å². The second-order valence-corrected chi connectivity index (χ2v) is 5.13. The topological polar surface area (TPSA) is 66.5 Å². The molecule has 2 aromatic carbocycles. The quantitative estimate of drug-likeness (QED) is 0.799. The van der Waals surface area contributed by atoms with Crippen LogP contribution < -0.4 is 5.32 Å². The minimum Gasteiger partial charge on any atom is -0.338 e. The van der Waals surface area contributed by atoms with Gasteiger partial charge in [0.25, 0.3) is 0 Å². The van der Waals surface area contributed by atoms with Crippen LogP contribution in [-0.4, -0.2) is 15.0 Å². The van der Waals surface area contributed by atoms with E-state index in [2.05, 4.69) is 21.7 Å². The number of nitrogens with zero attached hydrogens (tertiary/aromatic N) is 4. The van der Waals surface area contributed by atoms with Crippen LogP contribution in [0.3, 0.4) is 0 Å². The van der Waals surface area contributed by atoms with E-state index in [4.69, 9.17) is 11.6 Å². The Morgan fingerprint density at radius 1 is 1.18 bits per heavy atom. The summed E-state index contributed by atoms with van der Waals surface area (Å²) in [6.07, 6.45) is 1.62. The van der Waals surface area contributed by atoms with Crippen molar-refractivity contribution in [2.45, 2.75) is 6.54 Å². The molecule has 1 N–H and O–H groups in total. The van der Waals surface area contributed by atoms with Crippen LogP contribution in [0.2, 0.25) is 5.02 Å². The van der Waals surface area contributed by atoms with E-state index >= 15 is 0 Å². The summed E-state index contributed by atoms with van der Waals surface area (Å²) in [5.74, 6) is 0.711. The van der Waals surface area contributed by atoms with Crippen molar-refractivity contribution in [2.75, 3.05) is 5.32 Å². The SMILES string of the molecule is N#Cc1cc(Cl)ccc1Nc1cnnn1Cc1ccccc1. The third kappa shape index (κ3) is 3.08. The van der Waals surface area contributed by atoms with E-state index in [9.17, 15) is 5.26 Å². The Balaban J connectivity index is 1.86. The Hall–Kier alpha value is -2.84. The molecule has 0 atom stereocenters. The van der Waals surface area contributed by atoms with Crippen molar-refractivity contribution in [3.8, 4) is 6.07 Å². The van der Waals surface area contributed by atoms with E-state index in [1.54, 1.807) is 29.1 Å². The van der Waals surface area contributed by atoms with Gasteiger partial charge in [0.1, 0.15) is 11.9 Å². The third-order valence-electron chi connectivity index (χ3n) is 3.16. The highest BCUT2D eigenvalue weighted by Gasteiger charge is 2.08. The van der Waals surface area contributed by atoms with Crippen molar-refractivity contribution in [1.29, 1.82) is 5.26 Å². The van der Waals surface area contributed by atoms with Gasteiger partial charge >= 0.3 is 0 Å². The van der Waals surface area contributed by atoms with Gasteiger partial charge in [-0.15, -0.1) is 5.10 Å². The summed E-state index contributed by atoms with van der Waals surface area (Å²) in [4.78, 5) is 0. The fraction of sp³-hybridized carbons (Fsp3) is 0.0625. The second kappa shape index (κ2) is 6.29. The number of nitriles is 1. The Bertz CT molecular complexity index is 820. The Morgan fingerprint density at radius 3 is 2.77 bits per heavy atom. The fourth-order valence-electron chi connectivity index (χ4n) is 2.08. The minimum absolute atomic E-state index is 0.472. The van der Waals surface area contributed by atoms with Crippen molar-refractivity contribution in [3.05, 3.63) is 70.9 Å². The lowest BCUT2D eigenvalue weighted by atomic mass is 10.2. The zero-order chi connectivity index (χ0) is 15.4. The average molecular weight is 310 g/mol. The lowest BCUT2D eigenvalue weighted by molar-refractivity contribution is 0.656. The van der Waals surface area contributed by atoms with E-state index in [0.717, 1.165) is 5.56 Å². The van der Waals surface area contributed by atoms with Gasteiger partial charge in [-0.2, -0.15) is 5.26 Å². The number of halogens is 1. The molecule has 0 amide bonds. The fourth-order valence-corrected chi connectivity index (χ4v) is 2.26.